The Kier molecular flexibility index (Phi) is 5.03. The van der Waals surface area contributed by atoms with E-state index in [9.17, 15) is 4.79 Å². The van der Waals surface area contributed by atoms with Gasteiger partial charge in [-0.3, -0.25) is 9.79 Å². The van der Waals surface area contributed by atoms with E-state index in [1.807, 2.05) is 31.3 Å². The number of carbonyl (C=O) groups is 1. The van der Waals surface area contributed by atoms with Crippen LogP contribution in [0.5, 0.6) is 0 Å². The van der Waals surface area contributed by atoms with Gasteiger partial charge in [0.15, 0.2) is 0 Å². The van der Waals surface area contributed by atoms with Gasteiger partial charge in [0.25, 0.3) is 0 Å². The molecular weight excluding hydrogens is 298 g/mol. The Bertz CT molecular complexity index is 630. The van der Waals surface area contributed by atoms with E-state index in [-0.39, 0.29) is 5.91 Å². The second kappa shape index (κ2) is 7.20. The number of amides is 1. The van der Waals surface area contributed by atoms with E-state index in [1.165, 1.54) is 5.69 Å². The van der Waals surface area contributed by atoms with Crippen molar-refractivity contribution in [2.24, 2.45) is 28.0 Å². The Morgan fingerprint density at radius 2 is 1.96 bits per heavy atom. The van der Waals surface area contributed by atoms with E-state index in [2.05, 4.69) is 28.5 Å². The largest absolute Gasteiger partial charge is 0.385 e. The van der Waals surface area contributed by atoms with E-state index in [1.54, 1.807) is 0 Å². The van der Waals surface area contributed by atoms with Crippen LogP contribution >= 0.6 is 0 Å². The number of rotatable bonds is 5. The predicted octanol–water partition coefficient (Wildman–Crippen LogP) is 3.41. The lowest BCUT2D eigenvalue weighted by molar-refractivity contribution is -0.128. The summed E-state index contributed by atoms with van der Waals surface area (Å²) in [7, 11) is 0. The molecule has 128 valence electrons. The fourth-order valence-corrected chi connectivity index (χ4v) is 4.13. The molecule has 1 amide bonds. The third-order valence-corrected chi connectivity index (χ3v) is 5.54. The van der Waals surface area contributed by atoms with Gasteiger partial charge < -0.3 is 11.1 Å². The molecule has 2 aliphatic rings. The highest BCUT2D eigenvalue weighted by atomic mass is 16.1. The van der Waals surface area contributed by atoms with Crippen molar-refractivity contribution < 1.29 is 4.79 Å². The number of benzene rings is 1. The van der Waals surface area contributed by atoms with Gasteiger partial charge in [-0.25, -0.2) is 0 Å². The molecule has 1 aromatic rings. The van der Waals surface area contributed by atoms with E-state index in [4.69, 9.17) is 5.73 Å². The summed E-state index contributed by atoms with van der Waals surface area (Å²) in [6.45, 7) is 3.50. The number of dihydropyridines is 1. The number of carbonyl (C=O) groups excluding carboxylic acids is 1. The first-order valence-corrected chi connectivity index (χ1v) is 8.88. The first-order valence-electron chi connectivity index (χ1n) is 8.88. The molecule has 1 aliphatic heterocycles. The van der Waals surface area contributed by atoms with Crippen LogP contribution in [0, 0.1) is 17.3 Å². The third-order valence-electron chi connectivity index (χ3n) is 5.54. The molecule has 1 atom stereocenters. The van der Waals surface area contributed by atoms with Crippen LogP contribution in [0.2, 0.25) is 0 Å². The van der Waals surface area contributed by atoms with Gasteiger partial charge in [0.2, 0.25) is 5.91 Å². The first kappa shape index (κ1) is 16.7. The molecular formula is C20H27N3O. The average molecular weight is 325 g/mol. The van der Waals surface area contributed by atoms with Crippen LogP contribution in [0.25, 0.3) is 0 Å². The summed E-state index contributed by atoms with van der Waals surface area (Å²) in [6.07, 6.45) is 8.27. The fraction of sp³-hybridized carbons (Fsp3) is 0.500. The molecule has 0 saturated heterocycles. The zero-order chi connectivity index (χ0) is 17.0. The molecule has 3 rings (SSSR count). The summed E-state index contributed by atoms with van der Waals surface area (Å²) in [6, 6.07) is 10.3. The molecule has 1 aliphatic carbocycles. The standard InChI is InChI=1S/C20H27N3O/c1-15-11-20(19(21)24,14-22-12-15)17-9-7-16(8-10-17)13-23-18-5-3-2-4-6-18/h2-6,11-12,16-17,23H,7-10,13-14H2,1H3,(H2,21,24). The van der Waals surface area contributed by atoms with Crippen LogP contribution in [0.4, 0.5) is 5.69 Å². The third kappa shape index (κ3) is 3.53. The van der Waals surface area contributed by atoms with Crippen LogP contribution < -0.4 is 11.1 Å². The number of hydrogen-bond donors (Lipinski definition) is 2. The highest BCUT2D eigenvalue weighted by molar-refractivity contribution is 5.89. The monoisotopic (exact) mass is 325 g/mol. The summed E-state index contributed by atoms with van der Waals surface area (Å²) in [5.41, 5.74) is 7.45. The zero-order valence-corrected chi connectivity index (χ0v) is 14.4. The molecule has 0 spiro atoms. The Hall–Kier alpha value is -2.10. The molecule has 1 aromatic carbocycles. The minimum Gasteiger partial charge on any atom is -0.385 e. The van der Waals surface area contributed by atoms with Gasteiger partial charge in [0, 0.05) is 18.4 Å². The molecule has 3 N–H and O–H groups in total. The SMILES string of the molecule is CC1=CC(C(N)=O)(C2CCC(CNc3ccccc3)CC2)CN=C1. The van der Waals surface area contributed by atoms with Gasteiger partial charge in [0.05, 0.1) is 12.0 Å². The van der Waals surface area contributed by atoms with Crippen molar-refractivity contribution in [3.8, 4) is 0 Å². The maximum Gasteiger partial charge on any atom is 0.229 e. The minimum atomic E-state index is -0.573. The smallest absolute Gasteiger partial charge is 0.229 e. The van der Waals surface area contributed by atoms with Gasteiger partial charge >= 0.3 is 0 Å². The Morgan fingerprint density at radius 1 is 1.25 bits per heavy atom. The quantitative estimate of drug-likeness (QED) is 0.871. The number of allylic oxidation sites excluding steroid dienone is 1. The van der Waals surface area contributed by atoms with Crippen molar-refractivity contribution >= 4 is 17.8 Å². The highest BCUT2D eigenvalue weighted by Crippen LogP contribution is 2.43. The van der Waals surface area contributed by atoms with Crippen LogP contribution in [0.15, 0.2) is 47.0 Å². The maximum atomic E-state index is 12.2. The van der Waals surface area contributed by atoms with E-state index in [0.717, 1.165) is 37.8 Å². The lowest BCUT2D eigenvalue weighted by Crippen LogP contribution is -2.47. The number of nitrogens with zero attached hydrogens (tertiary/aromatic N) is 1. The number of para-hydroxylation sites is 1. The van der Waals surface area contributed by atoms with Crippen molar-refractivity contribution in [3.05, 3.63) is 42.0 Å². The van der Waals surface area contributed by atoms with Crippen LogP contribution in [0.1, 0.15) is 32.6 Å². The van der Waals surface area contributed by atoms with Gasteiger partial charge in [-0.2, -0.15) is 0 Å². The van der Waals surface area contributed by atoms with E-state index < -0.39 is 5.41 Å². The summed E-state index contributed by atoms with van der Waals surface area (Å²) < 4.78 is 0. The molecule has 0 radical (unpaired) electrons. The number of primary amides is 1. The van der Waals surface area contributed by atoms with Gasteiger partial charge in [-0.1, -0.05) is 24.3 Å². The Labute approximate surface area is 144 Å². The molecule has 1 unspecified atom stereocenters. The van der Waals surface area contributed by atoms with Gasteiger partial charge in [-0.05, 0) is 62.1 Å². The molecule has 0 aromatic heterocycles. The normalized spacial score (nSPS) is 29.8. The number of aliphatic imine (C=N–C) groups is 1. The number of nitrogens with two attached hydrogens (primary N) is 1. The lowest BCUT2D eigenvalue weighted by atomic mass is 9.65. The number of anilines is 1. The predicted molar refractivity (Wildman–Crippen MR) is 99.1 cm³/mol. The molecule has 4 heteroatoms. The summed E-state index contributed by atoms with van der Waals surface area (Å²) in [4.78, 5) is 16.6. The van der Waals surface area contributed by atoms with Crippen molar-refractivity contribution in [1.29, 1.82) is 0 Å². The van der Waals surface area contributed by atoms with Crippen LogP contribution in [0.3, 0.4) is 0 Å². The van der Waals surface area contributed by atoms with Crippen LogP contribution in [-0.2, 0) is 4.79 Å². The molecule has 24 heavy (non-hydrogen) atoms. The Balaban J connectivity index is 1.58. The molecule has 1 fully saturated rings. The molecule has 4 nitrogen and oxygen atoms in total. The van der Waals surface area contributed by atoms with Gasteiger partial charge in [0.1, 0.15) is 0 Å². The topological polar surface area (TPSA) is 67.5 Å². The fourth-order valence-electron chi connectivity index (χ4n) is 4.13. The van der Waals surface area contributed by atoms with Crippen molar-refractivity contribution in [2.75, 3.05) is 18.4 Å². The van der Waals surface area contributed by atoms with Crippen molar-refractivity contribution in [3.63, 3.8) is 0 Å². The Morgan fingerprint density at radius 3 is 2.58 bits per heavy atom. The molecule has 1 saturated carbocycles. The molecule has 1 heterocycles. The lowest BCUT2D eigenvalue weighted by Gasteiger charge is -2.40. The first-order chi connectivity index (χ1) is 11.6. The zero-order valence-electron chi connectivity index (χ0n) is 14.4. The number of nitrogens with one attached hydrogen (secondary N) is 1. The average Bonchev–Trinajstić information content (AvgIpc) is 2.61. The molecule has 0 bridgehead atoms. The van der Waals surface area contributed by atoms with E-state index in [0.29, 0.717) is 18.4 Å². The van der Waals surface area contributed by atoms with Gasteiger partial charge in [-0.15, -0.1) is 0 Å². The highest BCUT2D eigenvalue weighted by Gasteiger charge is 2.44. The summed E-state index contributed by atoms with van der Waals surface area (Å²) in [5.74, 6) is 0.753. The van der Waals surface area contributed by atoms with Crippen LogP contribution in [-0.4, -0.2) is 25.2 Å². The van der Waals surface area contributed by atoms with E-state index >= 15 is 0 Å². The van der Waals surface area contributed by atoms with Crippen molar-refractivity contribution in [2.45, 2.75) is 32.6 Å². The van der Waals surface area contributed by atoms with Crippen molar-refractivity contribution in [1.82, 2.24) is 0 Å². The maximum absolute atomic E-state index is 12.2. The second-order valence-corrected chi connectivity index (χ2v) is 7.23. The summed E-state index contributed by atoms with van der Waals surface area (Å²) >= 11 is 0. The second-order valence-electron chi connectivity index (χ2n) is 7.23. The number of hydrogen-bond acceptors (Lipinski definition) is 3. The summed E-state index contributed by atoms with van der Waals surface area (Å²) in [5, 5.41) is 3.52. The minimum absolute atomic E-state index is 0.218.